The van der Waals surface area contributed by atoms with Crippen LogP contribution in [0.1, 0.15) is 32.4 Å². The fraction of sp³-hybridized carbons (Fsp3) is 0.467. The summed E-state index contributed by atoms with van der Waals surface area (Å²) in [5, 5.41) is 0. The third-order valence-corrected chi connectivity index (χ3v) is 3.46. The molecule has 0 aliphatic carbocycles. The van der Waals surface area contributed by atoms with Gasteiger partial charge in [-0.05, 0) is 18.4 Å². The van der Waals surface area contributed by atoms with Gasteiger partial charge in [0.2, 0.25) is 5.91 Å². The van der Waals surface area contributed by atoms with Crippen molar-refractivity contribution in [3.8, 4) is 0 Å². The predicted octanol–water partition coefficient (Wildman–Crippen LogP) is 3.00. The zero-order valence-corrected chi connectivity index (χ0v) is 11.5. The van der Waals surface area contributed by atoms with E-state index in [4.69, 9.17) is 4.74 Å². The first-order valence-electron chi connectivity index (χ1n) is 6.62. The Balaban J connectivity index is 2.29. The number of β-lactam (4-membered cyclic amide) rings is 1. The van der Waals surface area contributed by atoms with Gasteiger partial charge in [-0.2, -0.15) is 0 Å². The van der Waals surface area contributed by atoms with E-state index in [1.165, 1.54) is 4.90 Å². The first-order valence-corrected chi connectivity index (χ1v) is 6.62. The van der Waals surface area contributed by atoms with Crippen LogP contribution in [0.4, 0.5) is 4.79 Å². The monoisotopic (exact) mass is 261 g/mol. The molecule has 1 aromatic carbocycles. The van der Waals surface area contributed by atoms with Gasteiger partial charge in [0, 0.05) is 0 Å². The zero-order valence-electron chi connectivity index (χ0n) is 11.5. The quantitative estimate of drug-likeness (QED) is 0.786. The molecule has 1 saturated heterocycles. The lowest BCUT2D eigenvalue weighted by atomic mass is 9.76. The number of ether oxygens (including phenoxy) is 1. The van der Waals surface area contributed by atoms with E-state index in [2.05, 4.69) is 0 Å². The standard InChI is InChI=1S/C15H19NO3/c1-4-19-15(18)16-13(11-8-6-5-7-9-11)12(10(2)3)14(16)17/h5-10,12-13H,4H2,1-3H3/t12-,13+/m1/s1. The fourth-order valence-electron chi connectivity index (χ4n) is 2.56. The van der Waals surface area contributed by atoms with Gasteiger partial charge in [0.15, 0.2) is 0 Å². The second-order valence-corrected chi connectivity index (χ2v) is 5.03. The number of benzene rings is 1. The number of carbonyl (C=O) groups is 2. The van der Waals surface area contributed by atoms with Crippen molar-refractivity contribution in [1.82, 2.24) is 4.90 Å². The molecular formula is C15H19NO3. The van der Waals surface area contributed by atoms with E-state index in [1.807, 2.05) is 44.2 Å². The highest BCUT2D eigenvalue weighted by molar-refractivity contribution is 5.99. The SMILES string of the molecule is CCOC(=O)N1C(=O)[C@H](C(C)C)[C@@H]1c1ccccc1. The number of likely N-dealkylation sites (tertiary alicyclic amines) is 1. The first kappa shape index (κ1) is 13.6. The number of nitrogens with zero attached hydrogens (tertiary/aromatic N) is 1. The summed E-state index contributed by atoms with van der Waals surface area (Å²) in [6.07, 6.45) is -0.543. The second-order valence-electron chi connectivity index (χ2n) is 5.03. The van der Waals surface area contributed by atoms with Crippen molar-refractivity contribution in [3.63, 3.8) is 0 Å². The van der Waals surface area contributed by atoms with Crippen molar-refractivity contribution in [2.24, 2.45) is 11.8 Å². The van der Waals surface area contributed by atoms with Crippen molar-refractivity contribution >= 4 is 12.0 Å². The molecule has 0 radical (unpaired) electrons. The Bertz CT molecular complexity index is 470. The Morgan fingerprint density at radius 1 is 1.32 bits per heavy atom. The molecule has 1 aliphatic heterocycles. The van der Waals surface area contributed by atoms with Gasteiger partial charge in [0.05, 0.1) is 18.6 Å². The van der Waals surface area contributed by atoms with Crippen LogP contribution in [0.15, 0.2) is 30.3 Å². The van der Waals surface area contributed by atoms with Gasteiger partial charge in [-0.3, -0.25) is 4.79 Å². The van der Waals surface area contributed by atoms with Crippen molar-refractivity contribution in [2.75, 3.05) is 6.61 Å². The van der Waals surface area contributed by atoms with Crippen LogP contribution >= 0.6 is 0 Å². The number of amides is 2. The van der Waals surface area contributed by atoms with Crippen LogP contribution in [0.5, 0.6) is 0 Å². The van der Waals surface area contributed by atoms with Crippen LogP contribution in [0.3, 0.4) is 0 Å². The van der Waals surface area contributed by atoms with E-state index in [0.29, 0.717) is 0 Å². The van der Waals surface area contributed by atoms with Gasteiger partial charge in [-0.1, -0.05) is 44.2 Å². The van der Waals surface area contributed by atoms with Crippen molar-refractivity contribution < 1.29 is 14.3 Å². The molecule has 2 amide bonds. The molecule has 0 aromatic heterocycles. The van der Waals surface area contributed by atoms with E-state index < -0.39 is 6.09 Å². The summed E-state index contributed by atoms with van der Waals surface area (Å²) in [5.41, 5.74) is 0.980. The summed E-state index contributed by atoms with van der Waals surface area (Å²) < 4.78 is 4.96. The average molecular weight is 261 g/mol. The maximum Gasteiger partial charge on any atom is 0.417 e. The van der Waals surface area contributed by atoms with Gasteiger partial charge < -0.3 is 4.74 Å². The maximum absolute atomic E-state index is 12.1. The summed E-state index contributed by atoms with van der Waals surface area (Å²) in [6.45, 7) is 6.01. The molecule has 1 aromatic rings. The van der Waals surface area contributed by atoms with Crippen molar-refractivity contribution in [1.29, 1.82) is 0 Å². The number of hydrogen-bond acceptors (Lipinski definition) is 3. The van der Waals surface area contributed by atoms with Crippen molar-refractivity contribution in [3.05, 3.63) is 35.9 Å². The molecule has 19 heavy (non-hydrogen) atoms. The van der Waals surface area contributed by atoms with Crippen LogP contribution in [0.2, 0.25) is 0 Å². The molecule has 0 unspecified atom stereocenters. The highest BCUT2D eigenvalue weighted by Crippen LogP contribution is 2.44. The number of carbonyl (C=O) groups excluding carboxylic acids is 2. The van der Waals surface area contributed by atoms with E-state index in [1.54, 1.807) is 6.92 Å². The Morgan fingerprint density at radius 3 is 2.47 bits per heavy atom. The molecule has 0 saturated carbocycles. The highest BCUT2D eigenvalue weighted by Gasteiger charge is 2.53. The van der Waals surface area contributed by atoms with Gasteiger partial charge in [0.25, 0.3) is 0 Å². The minimum atomic E-state index is -0.543. The molecule has 1 heterocycles. The third kappa shape index (κ3) is 2.35. The number of hydrogen-bond donors (Lipinski definition) is 0. The topological polar surface area (TPSA) is 46.6 Å². The minimum Gasteiger partial charge on any atom is -0.449 e. The highest BCUT2D eigenvalue weighted by atomic mass is 16.6. The molecule has 1 fully saturated rings. The first-order chi connectivity index (χ1) is 9.07. The Kier molecular flexibility index (Phi) is 3.88. The van der Waals surface area contributed by atoms with Crippen LogP contribution in [0.25, 0.3) is 0 Å². The molecule has 4 nitrogen and oxygen atoms in total. The summed E-state index contributed by atoms with van der Waals surface area (Å²) in [5.74, 6) is -0.0857. The lowest BCUT2D eigenvalue weighted by Crippen LogP contribution is -2.59. The molecular weight excluding hydrogens is 242 g/mol. The number of imide groups is 1. The van der Waals surface area contributed by atoms with E-state index in [9.17, 15) is 9.59 Å². The minimum absolute atomic E-state index is 0.137. The molecule has 2 rings (SSSR count). The van der Waals surface area contributed by atoms with Crippen LogP contribution in [0, 0.1) is 11.8 Å². The maximum atomic E-state index is 12.1. The molecule has 0 spiro atoms. The number of rotatable bonds is 3. The molecule has 102 valence electrons. The second kappa shape index (κ2) is 5.43. The normalized spacial score (nSPS) is 22.3. The van der Waals surface area contributed by atoms with Crippen LogP contribution in [-0.4, -0.2) is 23.5 Å². The summed E-state index contributed by atoms with van der Waals surface area (Å²) in [6, 6.07) is 9.44. The Labute approximate surface area is 113 Å². The van der Waals surface area contributed by atoms with Gasteiger partial charge in [-0.25, -0.2) is 9.69 Å². The third-order valence-electron chi connectivity index (χ3n) is 3.46. The predicted molar refractivity (Wildman–Crippen MR) is 71.4 cm³/mol. The molecule has 4 heteroatoms. The largest absolute Gasteiger partial charge is 0.449 e. The van der Waals surface area contributed by atoms with E-state index in [0.717, 1.165) is 5.56 Å². The van der Waals surface area contributed by atoms with E-state index in [-0.39, 0.29) is 30.4 Å². The summed E-state index contributed by atoms with van der Waals surface area (Å²) in [7, 11) is 0. The molecule has 2 atom stereocenters. The fourth-order valence-corrected chi connectivity index (χ4v) is 2.56. The van der Waals surface area contributed by atoms with Gasteiger partial charge >= 0.3 is 6.09 Å². The lowest BCUT2D eigenvalue weighted by Gasteiger charge is -2.46. The smallest absolute Gasteiger partial charge is 0.417 e. The van der Waals surface area contributed by atoms with Gasteiger partial charge in [-0.15, -0.1) is 0 Å². The Hall–Kier alpha value is -1.84. The lowest BCUT2D eigenvalue weighted by molar-refractivity contribution is -0.156. The molecule has 0 N–H and O–H groups in total. The van der Waals surface area contributed by atoms with Gasteiger partial charge in [0.1, 0.15) is 0 Å². The van der Waals surface area contributed by atoms with Crippen LogP contribution in [-0.2, 0) is 9.53 Å². The summed E-state index contributed by atoms with van der Waals surface area (Å²) in [4.78, 5) is 25.2. The molecule has 0 bridgehead atoms. The van der Waals surface area contributed by atoms with Crippen molar-refractivity contribution in [2.45, 2.75) is 26.8 Å². The average Bonchev–Trinajstić information content (AvgIpc) is 2.36. The summed E-state index contributed by atoms with van der Waals surface area (Å²) >= 11 is 0. The zero-order chi connectivity index (χ0) is 14.0. The van der Waals surface area contributed by atoms with Crippen LogP contribution < -0.4 is 0 Å². The van der Waals surface area contributed by atoms with E-state index >= 15 is 0 Å². The molecule has 1 aliphatic rings. The Morgan fingerprint density at radius 2 is 1.95 bits per heavy atom.